The normalized spacial score (nSPS) is 10.8. The highest BCUT2D eigenvalue weighted by atomic mass is 16.2. The van der Waals surface area contributed by atoms with Crippen LogP contribution in [-0.2, 0) is 0 Å². The molecule has 2 amide bonds. The molecule has 2 N–H and O–H groups in total. The summed E-state index contributed by atoms with van der Waals surface area (Å²) in [5.74, 6) is 0.595. The van der Waals surface area contributed by atoms with Gasteiger partial charge in [0, 0.05) is 24.2 Å². The van der Waals surface area contributed by atoms with Crippen LogP contribution in [0.25, 0.3) is 11.1 Å². The highest BCUT2D eigenvalue weighted by Gasteiger charge is 2.14. The standard InChI is InChI=1S/C22H28N2O2/c1-15(2)13-23-21(25)18-9-7-8-17(12-18)19-10-5-6-11-20(19)22(26)24-14-16(3)4/h5-12,15-16H,13-14H2,1-4H3,(H,23,25)(H,24,26). The Morgan fingerprint density at radius 2 is 1.42 bits per heavy atom. The van der Waals surface area contributed by atoms with Gasteiger partial charge >= 0.3 is 0 Å². The molecule has 0 radical (unpaired) electrons. The average molecular weight is 352 g/mol. The molecule has 0 aliphatic carbocycles. The molecule has 0 aliphatic heterocycles. The highest BCUT2D eigenvalue weighted by molar-refractivity contribution is 6.02. The van der Waals surface area contributed by atoms with Gasteiger partial charge in [0.2, 0.25) is 0 Å². The number of nitrogens with one attached hydrogen (secondary N) is 2. The second-order valence-corrected chi connectivity index (χ2v) is 7.33. The molecule has 2 aromatic carbocycles. The lowest BCUT2D eigenvalue weighted by Gasteiger charge is -2.13. The molecule has 0 atom stereocenters. The summed E-state index contributed by atoms with van der Waals surface area (Å²) in [6.07, 6.45) is 0. The Bertz CT molecular complexity index is 766. The van der Waals surface area contributed by atoms with Crippen LogP contribution in [0, 0.1) is 11.8 Å². The Labute approximate surface area is 156 Å². The smallest absolute Gasteiger partial charge is 0.251 e. The first kappa shape index (κ1) is 19.7. The summed E-state index contributed by atoms with van der Waals surface area (Å²) in [4.78, 5) is 24.9. The van der Waals surface area contributed by atoms with Crippen LogP contribution in [0.1, 0.15) is 48.4 Å². The number of benzene rings is 2. The maximum absolute atomic E-state index is 12.5. The van der Waals surface area contributed by atoms with Crippen LogP contribution >= 0.6 is 0 Å². The molecule has 0 unspecified atom stereocenters. The van der Waals surface area contributed by atoms with Gasteiger partial charge in [-0.1, -0.05) is 58.0 Å². The van der Waals surface area contributed by atoms with Crippen LogP contribution in [-0.4, -0.2) is 24.9 Å². The predicted octanol–water partition coefficient (Wildman–Crippen LogP) is 4.13. The van der Waals surface area contributed by atoms with E-state index in [0.29, 0.717) is 36.1 Å². The molecule has 4 heteroatoms. The summed E-state index contributed by atoms with van der Waals surface area (Å²) in [6, 6.07) is 14.9. The minimum Gasteiger partial charge on any atom is -0.352 e. The largest absolute Gasteiger partial charge is 0.352 e. The van der Waals surface area contributed by atoms with E-state index in [4.69, 9.17) is 0 Å². The van der Waals surface area contributed by atoms with E-state index in [1.165, 1.54) is 0 Å². The molecule has 26 heavy (non-hydrogen) atoms. The fourth-order valence-corrected chi connectivity index (χ4v) is 2.55. The summed E-state index contributed by atoms with van der Waals surface area (Å²) < 4.78 is 0. The first-order chi connectivity index (χ1) is 12.4. The summed E-state index contributed by atoms with van der Waals surface area (Å²) in [5, 5.41) is 5.89. The van der Waals surface area contributed by atoms with Gasteiger partial charge in [-0.2, -0.15) is 0 Å². The lowest BCUT2D eigenvalue weighted by atomic mass is 9.97. The molecule has 2 rings (SSSR count). The molecule has 0 bridgehead atoms. The molecule has 138 valence electrons. The molecule has 0 fully saturated rings. The second kappa shape index (κ2) is 9.18. The molecular weight excluding hydrogens is 324 g/mol. The van der Waals surface area contributed by atoms with Crippen molar-refractivity contribution in [1.29, 1.82) is 0 Å². The van der Waals surface area contributed by atoms with Gasteiger partial charge in [-0.05, 0) is 41.2 Å². The number of amides is 2. The second-order valence-electron chi connectivity index (χ2n) is 7.33. The fourth-order valence-electron chi connectivity index (χ4n) is 2.55. The van der Waals surface area contributed by atoms with Crippen molar-refractivity contribution in [3.63, 3.8) is 0 Å². The monoisotopic (exact) mass is 352 g/mol. The maximum atomic E-state index is 12.5. The Kier molecular flexibility index (Phi) is 6.96. The van der Waals surface area contributed by atoms with Gasteiger partial charge in [-0.15, -0.1) is 0 Å². The molecule has 0 spiro atoms. The van der Waals surface area contributed by atoms with E-state index in [2.05, 4.69) is 38.3 Å². The van der Waals surface area contributed by atoms with Crippen molar-refractivity contribution in [2.75, 3.05) is 13.1 Å². The summed E-state index contributed by atoms with van der Waals surface area (Å²) >= 11 is 0. The Morgan fingerprint density at radius 1 is 0.808 bits per heavy atom. The van der Waals surface area contributed by atoms with Gasteiger partial charge < -0.3 is 10.6 Å². The zero-order valence-electron chi connectivity index (χ0n) is 16.0. The molecule has 0 saturated carbocycles. The molecule has 0 heterocycles. The molecule has 0 aromatic heterocycles. The third-order valence-electron chi connectivity index (χ3n) is 3.95. The van der Waals surface area contributed by atoms with E-state index >= 15 is 0 Å². The van der Waals surface area contributed by atoms with Crippen molar-refractivity contribution in [3.8, 4) is 11.1 Å². The van der Waals surface area contributed by atoms with Gasteiger partial charge in [0.1, 0.15) is 0 Å². The third-order valence-corrected chi connectivity index (χ3v) is 3.95. The highest BCUT2D eigenvalue weighted by Crippen LogP contribution is 2.24. The van der Waals surface area contributed by atoms with Crippen molar-refractivity contribution in [2.45, 2.75) is 27.7 Å². The Hall–Kier alpha value is -2.62. The van der Waals surface area contributed by atoms with E-state index in [-0.39, 0.29) is 11.8 Å². The molecule has 0 saturated heterocycles. The van der Waals surface area contributed by atoms with Gasteiger partial charge in [0.15, 0.2) is 0 Å². The van der Waals surface area contributed by atoms with E-state index in [9.17, 15) is 9.59 Å². The zero-order valence-corrected chi connectivity index (χ0v) is 16.0. The lowest BCUT2D eigenvalue weighted by molar-refractivity contribution is 0.0942. The van der Waals surface area contributed by atoms with Crippen molar-refractivity contribution < 1.29 is 9.59 Å². The minimum atomic E-state index is -0.0951. The van der Waals surface area contributed by atoms with Gasteiger partial charge in [0.25, 0.3) is 11.8 Å². The Morgan fingerprint density at radius 3 is 2.08 bits per heavy atom. The third kappa shape index (κ3) is 5.45. The predicted molar refractivity (Wildman–Crippen MR) is 106 cm³/mol. The number of carbonyl (C=O) groups excluding carboxylic acids is 2. The van der Waals surface area contributed by atoms with Crippen LogP contribution in [0.5, 0.6) is 0 Å². The number of hydrogen-bond acceptors (Lipinski definition) is 2. The molecule has 0 aliphatic rings. The first-order valence-electron chi connectivity index (χ1n) is 9.14. The van der Waals surface area contributed by atoms with Crippen LogP contribution in [0.3, 0.4) is 0 Å². The lowest BCUT2D eigenvalue weighted by Crippen LogP contribution is -2.28. The minimum absolute atomic E-state index is 0.0936. The number of hydrogen-bond donors (Lipinski definition) is 2. The maximum Gasteiger partial charge on any atom is 0.251 e. The van der Waals surface area contributed by atoms with Crippen molar-refractivity contribution in [2.24, 2.45) is 11.8 Å². The molecule has 4 nitrogen and oxygen atoms in total. The Balaban J connectivity index is 2.27. The topological polar surface area (TPSA) is 58.2 Å². The number of rotatable bonds is 7. The van der Waals surface area contributed by atoms with Crippen LogP contribution < -0.4 is 10.6 Å². The SMILES string of the molecule is CC(C)CNC(=O)c1cccc(-c2ccccc2C(=O)NCC(C)C)c1. The van der Waals surface area contributed by atoms with Gasteiger partial charge in [0.05, 0.1) is 0 Å². The van der Waals surface area contributed by atoms with E-state index < -0.39 is 0 Å². The van der Waals surface area contributed by atoms with Gasteiger partial charge in [-0.25, -0.2) is 0 Å². The van der Waals surface area contributed by atoms with E-state index in [1.54, 1.807) is 6.07 Å². The van der Waals surface area contributed by atoms with Gasteiger partial charge in [-0.3, -0.25) is 9.59 Å². The van der Waals surface area contributed by atoms with Crippen LogP contribution in [0.4, 0.5) is 0 Å². The quantitative estimate of drug-likeness (QED) is 0.787. The molecular formula is C22H28N2O2. The summed E-state index contributed by atoms with van der Waals surface area (Å²) in [6.45, 7) is 9.50. The van der Waals surface area contributed by atoms with E-state index in [0.717, 1.165) is 11.1 Å². The fraction of sp³-hybridized carbons (Fsp3) is 0.364. The van der Waals surface area contributed by atoms with Crippen molar-refractivity contribution in [3.05, 3.63) is 59.7 Å². The van der Waals surface area contributed by atoms with Crippen LogP contribution in [0.15, 0.2) is 48.5 Å². The zero-order chi connectivity index (χ0) is 19.1. The van der Waals surface area contributed by atoms with Crippen molar-refractivity contribution >= 4 is 11.8 Å². The van der Waals surface area contributed by atoms with E-state index in [1.807, 2.05) is 42.5 Å². The summed E-state index contributed by atoms with van der Waals surface area (Å²) in [5.41, 5.74) is 2.90. The summed E-state index contributed by atoms with van der Waals surface area (Å²) in [7, 11) is 0. The first-order valence-corrected chi connectivity index (χ1v) is 9.14. The number of carbonyl (C=O) groups is 2. The van der Waals surface area contributed by atoms with Crippen LogP contribution in [0.2, 0.25) is 0 Å². The molecule has 2 aromatic rings. The van der Waals surface area contributed by atoms with Crippen molar-refractivity contribution in [1.82, 2.24) is 10.6 Å². The average Bonchev–Trinajstić information content (AvgIpc) is 2.64.